The maximum Gasteiger partial charge on any atom is 0.264 e. The van der Waals surface area contributed by atoms with Gasteiger partial charge in [-0.25, -0.2) is 4.98 Å². The monoisotopic (exact) mass is 428 g/mol. The molecular formula is C26H24N2O2S. The molecule has 5 heteroatoms. The summed E-state index contributed by atoms with van der Waals surface area (Å²) >= 11 is 1.47. The van der Waals surface area contributed by atoms with Crippen molar-refractivity contribution in [2.24, 2.45) is 0 Å². The molecule has 0 aliphatic heterocycles. The molecule has 4 aromatic rings. The van der Waals surface area contributed by atoms with Gasteiger partial charge in [-0.05, 0) is 44.0 Å². The van der Waals surface area contributed by atoms with Crippen LogP contribution in [0.5, 0.6) is 5.75 Å². The van der Waals surface area contributed by atoms with Crippen LogP contribution in [0.4, 0.5) is 5.13 Å². The Morgan fingerprint density at radius 3 is 1.90 bits per heavy atom. The van der Waals surface area contributed by atoms with Crippen LogP contribution in [0.2, 0.25) is 0 Å². The topological polar surface area (TPSA) is 51.2 Å². The molecule has 0 radical (unpaired) electrons. The van der Waals surface area contributed by atoms with Crippen LogP contribution >= 0.6 is 11.3 Å². The van der Waals surface area contributed by atoms with Gasteiger partial charge < -0.3 is 4.74 Å². The molecule has 3 aromatic carbocycles. The van der Waals surface area contributed by atoms with E-state index in [9.17, 15) is 4.79 Å². The van der Waals surface area contributed by atoms with E-state index in [4.69, 9.17) is 4.74 Å². The molecule has 1 aromatic heterocycles. The fraction of sp³-hybridized carbons (Fsp3) is 0.154. The molecule has 0 fully saturated rings. The van der Waals surface area contributed by atoms with Crippen molar-refractivity contribution in [3.05, 3.63) is 88.8 Å². The Morgan fingerprint density at radius 2 is 1.32 bits per heavy atom. The van der Waals surface area contributed by atoms with Gasteiger partial charge in [0.25, 0.3) is 5.91 Å². The molecule has 4 nitrogen and oxygen atoms in total. The molecule has 0 saturated carbocycles. The SMILES string of the molecule is Cc1ccc(-c2ccc(OCC(=O)Nc3nc(-c4ccc(C)cc4)c(C)s3)cc2)cc1. The standard InChI is InChI=1S/C26H24N2O2S/c1-17-4-8-20(9-5-17)21-12-14-23(15-13-21)30-16-24(29)27-26-28-25(19(3)31-26)22-10-6-18(2)7-11-22/h4-15H,16H2,1-3H3,(H,27,28,29). The lowest BCUT2D eigenvalue weighted by Crippen LogP contribution is -2.20. The van der Waals surface area contributed by atoms with Crippen molar-refractivity contribution in [2.75, 3.05) is 11.9 Å². The lowest BCUT2D eigenvalue weighted by molar-refractivity contribution is -0.118. The zero-order chi connectivity index (χ0) is 21.8. The number of hydrogen-bond acceptors (Lipinski definition) is 4. The van der Waals surface area contributed by atoms with Gasteiger partial charge in [0, 0.05) is 10.4 Å². The van der Waals surface area contributed by atoms with Crippen LogP contribution in [-0.2, 0) is 4.79 Å². The summed E-state index contributed by atoms with van der Waals surface area (Å²) in [7, 11) is 0. The first-order valence-corrected chi connectivity index (χ1v) is 10.9. The molecule has 31 heavy (non-hydrogen) atoms. The van der Waals surface area contributed by atoms with Gasteiger partial charge >= 0.3 is 0 Å². The predicted octanol–water partition coefficient (Wildman–Crippen LogP) is 6.42. The number of anilines is 1. The highest BCUT2D eigenvalue weighted by atomic mass is 32.1. The Kier molecular flexibility index (Phi) is 6.14. The summed E-state index contributed by atoms with van der Waals surface area (Å²) in [6.07, 6.45) is 0. The van der Waals surface area contributed by atoms with Gasteiger partial charge in [-0.1, -0.05) is 71.8 Å². The van der Waals surface area contributed by atoms with Crippen LogP contribution in [0.25, 0.3) is 22.4 Å². The van der Waals surface area contributed by atoms with Crippen LogP contribution in [-0.4, -0.2) is 17.5 Å². The number of amides is 1. The van der Waals surface area contributed by atoms with Crippen molar-refractivity contribution in [1.82, 2.24) is 4.98 Å². The maximum absolute atomic E-state index is 12.3. The zero-order valence-electron chi connectivity index (χ0n) is 17.8. The normalized spacial score (nSPS) is 10.7. The number of nitrogens with one attached hydrogen (secondary N) is 1. The predicted molar refractivity (Wildman–Crippen MR) is 128 cm³/mol. The van der Waals surface area contributed by atoms with Crippen molar-refractivity contribution in [3.63, 3.8) is 0 Å². The van der Waals surface area contributed by atoms with Crippen molar-refractivity contribution < 1.29 is 9.53 Å². The second kappa shape index (κ2) is 9.14. The molecule has 0 aliphatic rings. The number of carbonyl (C=O) groups is 1. The minimum absolute atomic E-state index is 0.0671. The molecule has 0 spiro atoms. The van der Waals surface area contributed by atoms with E-state index in [2.05, 4.69) is 60.5 Å². The van der Waals surface area contributed by atoms with E-state index in [1.54, 1.807) is 0 Å². The molecule has 1 heterocycles. The Labute approximate surface area is 186 Å². The van der Waals surface area contributed by atoms with Gasteiger partial charge in [0.1, 0.15) is 5.75 Å². The van der Waals surface area contributed by atoms with Crippen LogP contribution < -0.4 is 10.1 Å². The minimum Gasteiger partial charge on any atom is -0.484 e. The molecule has 0 atom stereocenters. The highest BCUT2D eigenvalue weighted by Gasteiger charge is 2.12. The van der Waals surface area contributed by atoms with Gasteiger partial charge in [0.15, 0.2) is 11.7 Å². The number of hydrogen-bond donors (Lipinski definition) is 1. The van der Waals surface area contributed by atoms with Crippen LogP contribution in [0.1, 0.15) is 16.0 Å². The fourth-order valence-corrected chi connectivity index (χ4v) is 4.07. The summed E-state index contributed by atoms with van der Waals surface area (Å²) in [6, 6.07) is 24.3. The third kappa shape index (κ3) is 5.19. The van der Waals surface area contributed by atoms with E-state index in [0.29, 0.717) is 10.9 Å². The highest BCUT2D eigenvalue weighted by Crippen LogP contribution is 2.30. The van der Waals surface area contributed by atoms with E-state index in [0.717, 1.165) is 27.3 Å². The largest absolute Gasteiger partial charge is 0.484 e. The van der Waals surface area contributed by atoms with Crippen molar-refractivity contribution in [1.29, 1.82) is 0 Å². The Balaban J connectivity index is 1.35. The molecule has 0 unspecified atom stereocenters. The molecule has 0 saturated heterocycles. The smallest absolute Gasteiger partial charge is 0.264 e. The number of carbonyl (C=O) groups excluding carboxylic acids is 1. The number of rotatable bonds is 6. The quantitative estimate of drug-likeness (QED) is 0.385. The highest BCUT2D eigenvalue weighted by molar-refractivity contribution is 7.16. The number of thiazole rings is 1. The molecule has 4 rings (SSSR count). The average molecular weight is 429 g/mol. The van der Waals surface area contributed by atoms with Crippen molar-refractivity contribution >= 4 is 22.4 Å². The molecule has 1 N–H and O–H groups in total. The second-order valence-corrected chi connectivity index (χ2v) is 8.72. The first-order valence-electron chi connectivity index (χ1n) is 10.1. The number of aromatic nitrogens is 1. The summed E-state index contributed by atoms with van der Waals surface area (Å²) in [5.74, 6) is 0.425. The third-order valence-electron chi connectivity index (χ3n) is 4.98. The third-order valence-corrected chi connectivity index (χ3v) is 5.86. The van der Waals surface area contributed by atoms with Crippen molar-refractivity contribution in [3.8, 4) is 28.1 Å². The van der Waals surface area contributed by atoms with E-state index in [1.165, 1.54) is 22.5 Å². The average Bonchev–Trinajstić information content (AvgIpc) is 3.13. The number of benzene rings is 3. The van der Waals surface area contributed by atoms with Gasteiger partial charge in [-0.15, -0.1) is 11.3 Å². The summed E-state index contributed by atoms with van der Waals surface area (Å²) in [4.78, 5) is 18.0. The summed E-state index contributed by atoms with van der Waals surface area (Å²) < 4.78 is 5.65. The zero-order valence-corrected chi connectivity index (χ0v) is 18.6. The Morgan fingerprint density at radius 1 is 0.806 bits per heavy atom. The van der Waals surface area contributed by atoms with Crippen molar-refractivity contribution in [2.45, 2.75) is 20.8 Å². The van der Waals surface area contributed by atoms with E-state index in [-0.39, 0.29) is 12.5 Å². The fourth-order valence-electron chi connectivity index (χ4n) is 3.22. The van der Waals surface area contributed by atoms with Gasteiger partial charge in [-0.3, -0.25) is 10.1 Å². The lowest BCUT2D eigenvalue weighted by atomic mass is 10.0. The lowest BCUT2D eigenvalue weighted by Gasteiger charge is -2.07. The van der Waals surface area contributed by atoms with E-state index >= 15 is 0 Å². The molecule has 1 amide bonds. The molecule has 0 aliphatic carbocycles. The number of nitrogens with zero attached hydrogens (tertiary/aromatic N) is 1. The first-order chi connectivity index (χ1) is 15.0. The summed E-state index contributed by atoms with van der Waals surface area (Å²) in [5.41, 5.74) is 6.64. The molecular weight excluding hydrogens is 404 g/mol. The molecule has 0 bridgehead atoms. The van der Waals surface area contributed by atoms with E-state index in [1.807, 2.05) is 43.3 Å². The van der Waals surface area contributed by atoms with Gasteiger partial charge in [-0.2, -0.15) is 0 Å². The first kappa shape index (κ1) is 20.8. The van der Waals surface area contributed by atoms with Gasteiger partial charge in [0.05, 0.1) is 5.69 Å². The second-order valence-electron chi connectivity index (χ2n) is 7.52. The van der Waals surface area contributed by atoms with Crippen LogP contribution in [0, 0.1) is 20.8 Å². The Hall–Kier alpha value is -3.44. The van der Waals surface area contributed by atoms with Crippen LogP contribution in [0.15, 0.2) is 72.8 Å². The minimum atomic E-state index is -0.230. The summed E-state index contributed by atoms with van der Waals surface area (Å²) in [6.45, 7) is 6.07. The maximum atomic E-state index is 12.3. The van der Waals surface area contributed by atoms with E-state index < -0.39 is 0 Å². The summed E-state index contributed by atoms with van der Waals surface area (Å²) in [5, 5.41) is 3.42. The molecule has 156 valence electrons. The van der Waals surface area contributed by atoms with Crippen LogP contribution in [0.3, 0.4) is 0 Å². The Bertz CT molecular complexity index is 1180. The number of ether oxygens (including phenoxy) is 1. The number of aryl methyl sites for hydroxylation is 3. The van der Waals surface area contributed by atoms with Gasteiger partial charge in [0.2, 0.25) is 0 Å².